The number of nitrogens with zero attached hydrogens (tertiary/aromatic N) is 1. The third-order valence-corrected chi connectivity index (χ3v) is 2.75. The molecule has 14 heavy (non-hydrogen) atoms. The minimum Gasteiger partial charge on any atom is -0.346 e. The second-order valence-corrected chi connectivity index (χ2v) is 3.80. The summed E-state index contributed by atoms with van der Waals surface area (Å²) in [5.74, 6) is -0.848. The summed E-state index contributed by atoms with van der Waals surface area (Å²) in [5.41, 5.74) is 0. The van der Waals surface area contributed by atoms with Crippen LogP contribution in [0.3, 0.4) is 0 Å². The monoisotopic (exact) mass is 197 g/mol. The SMILES string of the molecule is O=C1NCCN(CC2CCCN2)C1=O. The molecule has 78 valence electrons. The molecule has 2 aliphatic heterocycles. The molecule has 2 aliphatic rings. The molecule has 1 unspecified atom stereocenters. The molecule has 5 nitrogen and oxygen atoms in total. The zero-order valence-electron chi connectivity index (χ0n) is 8.08. The van der Waals surface area contributed by atoms with Crippen molar-refractivity contribution in [3.8, 4) is 0 Å². The first-order valence-corrected chi connectivity index (χ1v) is 5.08. The van der Waals surface area contributed by atoms with Gasteiger partial charge in [0.15, 0.2) is 0 Å². The van der Waals surface area contributed by atoms with Crippen LogP contribution in [-0.2, 0) is 9.59 Å². The van der Waals surface area contributed by atoms with E-state index < -0.39 is 5.91 Å². The van der Waals surface area contributed by atoms with Crippen molar-refractivity contribution in [2.45, 2.75) is 18.9 Å². The molecule has 2 rings (SSSR count). The van der Waals surface area contributed by atoms with E-state index in [2.05, 4.69) is 10.6 Å². The lowest BCUT2D eigenvalue weighted by atomic mass is 10.2. The zero-order chi connectivity index (χ0) is 9.97. The van der Waals surface area contributed by atoms with Crippen LogP contribution in [0.4, 0.5) is 0 Å². The number of carbonyl (C=O) groups excluding carboxylic acids is 2. The van der Waals surface area contributed by atoms with Crippen molar-refractivity contribution in [1.29, 1.82) is 0 Å². The molecule has 0 spiro atoms. The van der Waals surface area contributed by atoms with Crippen LogP contribution in [0.15, 0.2) is 0 Å². The number of carbonyl (C=O) groups is 2. The molecule has 0 aromatic carbocycles. The first-order valence-electron chi connectivity index (χ1n) is 5.08. The summed E-state index contributed by atoms with van der Waals surface area (Å²) >= 11 is 0. The second-order valence-electron chi connectivity index (χ2n) is 3.80. The van der Waals surface area contributed by atoms with E-state index in [1.807, 2.05) is 0 Å². The van der Waals surface area contributed by atoms with Gasteiger partial charge in [-0.05, 0) is 19.4 Å². The molecular weight excluding hydrogens is 182 g/mol. The van der Waals surface area contributed by atoms with E-state index in [1.54, 1.807) is 4.90 Å². The second kappa shape index (κ2) is 3.96. The Morgan fingerprint density at radius 3 is 2.93 bits per heavy atom. The smallest absolute Gasteiger partial charge is 0.311 e. The highest BCUT2D eigenvalue weighted by Crippen LogP contribution is 2.07. The number of hydrogen-bond acceptors (Lipinski definition) is 3. The summed E-state index contributed by atoms with van der Waals surface area (Å²) in [6.45, 7) is 2.92. The molecule has 0 bridgehead atoms. The molecule has 0 saturated carbocycles. The summed E-state index contributed by atoms with van der Waals surface area (Å²) in [4.78, 5) is 24.1. The van der Waals surface area contributed by atoms with Crippen LogP contribution in [-0.4, -0.2) is 48.9 Å². The normalized spacial score (nSPS) is 28.0. The number of amides is 2. The lowest BCUT2D eigenvalue weighted by molar-refractivity contribution is -0.148. The average molecular weight is 197 g/mol. The Morgan fingerprint density at radius 1 is 1.36 bits per heavy atom. The quantitative estimate of drug-likeness (QED) is 0.541. The van der Waals surface area contributed by atoms with Crippen molar-refractivity contribution in [2.75, 3.05) is 26.2 Å². The van der Waals surface area contributed by atoms with E-state index in [0.717, 1.165) is 13.0 Å². The van der Waals surface area contributed by atoms with Gasteiger partial charge in [-0.3, -0.25) is 9.59 Å². The van der Waals surface area contributed by atoms with Gasteiger partial charge in [-0.15, -0.1) is 0 Å². The highest BCUT2D eigenvalue weighted by atomic mass is 16.2. The van der Waals surface area contributed by atoms with E-state index in [4.69, 9.17) is 0 Å². The Kier molecular flexibility index (Phi) is 2.67. The van der Waals surface area contributed by atoms with Crippen LogP contribution in [0.1, 0.15) is 12.8 Å². The Labute approximate surface area is 82.8 Å². The largest absolute Gasteiger partial charge is 0.346 e. The molecule has 5 heteroatoms. The van der Waals surface area contributed by atoms with Gasteiger partial charge in [0.1, 0.15) is 0 Å². The lowest BCUT2D eigenvalue weighted by Gasteiger charge is -2.28. The van der Waals surface area contributed by atoms with E-state index in [0.29, 0.717) is 25.7 Å². The number of piperazine rings is 1. The molecule has 0 aliphatic carbocycles. The maximum absolute atomic E-state index is 11.4. The van der Waals surface area contributed by atoms with E-state index >= 15 is 0 Å². The highest BCUT2D eigenvalue weighted by molar-refractivity contribution is 6.35. The number of rotatable bonds is 2. The minimum absolute atomic E-state index is 0.379. The van der Waals surface area contributed by atoms with Crippen LogP contribution >= 0.6 is 0 Å². The van der Waals surface area contributed by atoms with Crippen molar-refractivity contribution in [3.63, 3.8) is 0 Å². The summed E-state index contributed by atoms with van der Waals surface area (Å²) in [7, 11) is 0. The minimum atomic E-state index is -0.464. The fourth-order valence-electron chi connectivity index (χ4n) is 1.98. The molecule has 2 N–H and O–H groups in total. The Hall–Kier alpha value is -1.10. The summed E-state index contributed by atoms with van der Waals surface area (Å²) < 4.78 is 0. The molecular formula is C9H15N3O2. The summed E-state index contributed by atoms with van der Waals surface area (Å²) in [6, 6.07) is 0.379. The van der Waals surface area contributed by atoms with Crippen molar-refractivity contribution in [2.24, 2.45) is 0 Å². The van der Waals surface area contributed by atoms with Gasteiger partial charge in [0.2, 0.25) is 0 Å². The standard InChI is InChI=1S/C9H15N3O2/c13-8-9(14)12(5-4-11-8)6-7-2-1-3-10-7/h7,10H,1-6H2,(H,11,13). The number of nitrogens with one attached hydrogen (secondary N) is 2. The van der Waals surface area contributed by atoms with Gasteiger partial charge in [0.25, 0.3) is 0 Å². The van der Waals surface area contributed by atoms with Crippen LogP contribution < -0.4 is 10.6 Å². The molecule has 2 heterocycles. The van der Waals surface area contributed by atoms with Gasteiger partial charge < -0.3 is 15.5 Å². The van der Waals surface area contributed by atoms with Gasteiger partial charge in [0, 0.05) is 25.7 Å². The first-order chi connectivity index (χ1) is 6.77. The average Bonchev–Trinajstić information content (AvgIpc) is 2.66. The Morgan fingerprint density at radius 2 is 2.21 bits per heavy atom. The zero-order valence-corrected chi connectivity index (χ0v) is 8.08. The summed E-state index contributed by atoms with van der Waals surface area (Å²) in [5, 5.41) is 5.85. The number of hydrogen-bond donors (Lipinski definition) is 2. The maximum Gasteiger partial charge on any atom is 0.311 e. The van der Waals surface area contributed by atoms with Crippen molar-refractivity contribution < 1.29 is 9.59 Å². The summed E-state index contributed by atoms with van der Waals surface area (Å²) in [6.07, 6.45) is 2.27. The predicted molar refractivity (Wildman–Crippen MR) is 50.6 cm³/mol. The van der Waals surface area contributed by atoms with Crippen LogP contribution in [0.2, 0.25) is 0 Å². The van der Waals surface area contributed by atoms with Gasteiger partial charge in [0.05, 0.1) is 0 Å². The van der Waals surface area contributed by atoms with Gasteiger partial charge in [-0.2, -0.15) is 0 Å². The van der Waals surface area contributed by atoms with Crippen molar-refractivity contribution in [3.05, 3.63) is 0 Å². The van der Waals surface area contributed by atoms with Crippen LogP contribution in [0, 0.1) is 0 Å². The van der Waals surface area contributed by atoms with Crippen molar-refractivity contribution >= 4 is 11.8 Å². The van der Waals surface area contributed by atoms with Crippen molar-refractivity contribution in [1.82, 2.24) is 15.5 Å². The van der Waals surface area contributed by atoms with Gasteiger partial charge in [-0.25, -0.2) is 0 Å². The molecule has 1 atom stereocenters. The molecule has 2 saturated heterocycles. The Balaban J connectivity index is 1.89. The first kappa shape index (κ1) is 9.45. The molecule has 0 radical (unpaired) electrons. The lowest BCUT2D eigenvalue weighted by Crippen LogP contribution is -2.54. The molecule has 0 aromatic heterocycles. The van der Waals surface area contributed by atoms with Gasteiger partial charge >= 0.3 is 11.8 Å². The highest BCUT2D eigenvalue weighted by Gasteiger charge is 2.28. The topological polar surface area (TPSA) is 61.4 Å². The van der Waals surface area contributed by atoms with Crippen LogP contribution in [0.5, 0.6) is 0 Å². The van der Waals surface area contributed by atoms with E-state index in [-0.39, 0.29) is 5.91 Å². The van der Waals surface area contributed by atoms with E-state index in [1.165, 1.54) is 6.42 Å². The fourth-order valence-corrected chi connectivity index (χ4v) is 1.98. The fraction of sp³-hybridized carbons (Fsp3) is 0.778. The maximum atomic E-state index is 11.4. The van der Waals surface area contributed by atoms with Gasteiger partial charge in [-0.1, -0.05) is 0 Å². The third kappa shape index (κ3) is 1.87. The van der Waals surface area contributed by atoms with E-state index in [9.17, 15) is 9.59 Å². The van der Waals surface area contributed by atoms with Crippen LogP contribution in [0.25, 0.3) is 0 Å². The molecule has 2 fully saturated rings. The Bertz CT molecular complexity index is 248. The predicted octanol–water partition coefficient (Wildman–Crippen LogP) is -1.30. The molecule has 2 amide bonds. The molecule has 0 aromatic rings. The third-order valence-electron chi connectivity index (χ3n) is 2.75.